The van der Waals surface area contributed by atoms with Gasteiger partial charge in [0, 0.05) is 24.3 Å². The van der Waals surface area contributed by atoms with Gasteiger partial charge in [-0.3, -0.25) is 4.98 Å². The van der Waals surface area contributed by atoms with Gasteiger partial charge in [-0.1, -0.05) is 6.92 Å². The summed E-state index contributed by atoms with van der Waals surface area (Å²) in [6, 6.07) is 1.43. The van der Waals surface area contributed by atoms with Gasteiger partial charge in [-0.2, -0.15) is 35.1 Å². The van der Waals surface area contributed by atoms with Crippen molar-refractivity contribution >= 4 is 22.9 Å². The fourth-order valence-corrected chi connectivity index (χ4v) is 3.46. The molecule has 3 aromatic rings. The van der Waals surface area contributed by atoms with Gasteiger partial charge in [0.05, 0.1) is 11.1 Å². The van der Waals surface area contributed by atoms with E-state index in [0.717, 1.165) is 17.8 Å². The van der Waals surface area contributed by atoms with E-state index in [-0.39, 0.29) is 27.6 Å². The number of imidazole rings is 1. The quantitative estimate of drug-likeness (QED) is 0.367. The summed E-state index contributed by atoms with van der Waals surface area (Å²) in [6.07, 6.45) is -9.45. The maximum atomic E-state index is 13.6. The highest BCUT2D eigenvalue weighted by molar-refractivity contribution is 7.99. The van der Waals surface area contributed by atoms with Crippen molar-refractivity contribution in [2.45, 2.75) is 30.1 Å². The van der Waals surface area contributed by atoms with Crippen LogP contribution in [0.3, 0.4) is 0 Å². The molecule has 3 heterocycles. The highest BCUT2D eigenvalue weighted by Crippen LogP contribution is 2.44. The Bertz CT molecular complexity index is 1090. The minimum Gasteiger partial charge on any atom is -0.310 e. The van der Waals surface area contributed by atoms with E-state index in [9.17, 15) is 35.1 Å². The van der Waals surface area contributed by atoms with Crippen LogP contribution in [-0.4, -0.2) is 31.4 Å². The molecule has 0 spiro atoms. The average molecular weight is 456 g/mol. The third kappa shape index (κ3) is 3.82. The molecule has 0 atom stereocenters. The SMILES string of the molecule is CCSc1cc(C(F)(F)F)cnc1-c1nc2cc(C(F)(F)C(F)(F)F)cnc2n1C. The van der Waals surface area contributed by atoms with Crippen LogP contribution in [0.15, 0.2) is 29.4 Å². The van der Waals surface area contributed by atoms with Gasteiger partial charge >= 0.3 is 18.3 Å². The van der Waals surface area contributed by atoms with E-state index < -0.39 is 29.4 Å². The van der Waals surface area contributed by atoms with Gasteiger partial charge in [0.2, 0.25) is 0 Å². The molecule has 0 amide bonds. The molecule has 0 radical (unpaired) electrons. The number of fused-ring (bicyclic) bond motifs is 1. The van der Waals surface area contributed by atoms with E-state index in [1.165, 1.54) is 11.6 Å². The molecule has 3 aromatic heterocycles. The van der Waals surface area contributed by atoms with Gasteiger partial charge in [0.1, 0.15) is 11.2 Å². The summed E-state index contributed by atoms with van der Waals surface area (Å²) in [5.74, 6) is -4.75. The van der Waals surface area contributed by atoms with Gasteiger partial charge in [-0.15, -0.1) is 11.8 Å². The van der Waals surface area contributed by atoms with Crippen molar-refractivity contribution in [3.8, 4) is 11.5 Å². The number of halogens is 8. The van der Waals surface area contributed by atoms with Crippen molar-refractivity contribution in [2.75, 3.05) is 5.75 Å². The molecule has 0 aliphatic rings. The lowest BCUT2D eigenvalue weighted by molar-refractivity contribution is -0.289. The Morgan fingerprint density at radius 2 is 1.57 bits per heavy atom. The number of hydrogen-bond donors (Lipinski definition) is 0. The fraction of sp³-hybridized carbons (Fsp3) is 0.353. The van der Waals surface area contributed by atoms with Crippen LogP contribution in [0.1, 0.15) is 18.1 Å². The summed E-state index contributed by atoms with van der Waals surface area (Å²) in [7, 11) is 1.40. The Kier molecular flexibility index (Phi) is 5.46. The Morgan fingerprint density at radius 1 is 0.933 bits per heavy atom. The second-order valence-corrected chi connectivity index (χ2v) is 7.44. The van der Waals surface area contributed by atoms with Crippen LogP contribution in [0, 0.1) is 0 Å². The van der Waals surface area contributed by atoms with Crippen LogP contribution in [0.2, 0.25) is 0 Å². The molecule has 4 nitrogen and oxygen atoms in total. The highest BCUT2D eigenvalue weighted by atomic mass is 32.2. The molecule has 0 aromatic carbocycles. The molecule has 0 saturated carbocycles. The summed E-state index contributed by atoms with van der Waals surface area (Å²) < 4.78 is 105. The monoisotopic (exact) mass is 456 g/mol. The molecule has 0 aliphatic carbocycles. The van der Waals surface area contributed by atoms with E-state index in [1.807, 2.05) is 0 Å². The first-order chi connectivity index (χ1) is 13.8. The summed E-state index contributed by atoms with van der Waals surface area (Å²) in [5, 5.41) is 0. The topological polar surface area (TPSA) is 43.6 Å². The van der Waals surface area contributed by atoms with E-state index in [0.29, 0.717) is 24.2 Å². The zero-order valence-electron chi connectivity index (χ0n) is 15.2. The molecule has 0 bridgehead atoms. The van der Waals surface area contributed by atoms with Crippen molar-refractivity contribution in [1.29, 1.82) is 0 Å². The Labute approximate surface area is 168 Å². The minimum absolute atomic E-state index is 0.0188. The zero-order chi connectivity index (χ0) is 22.5. The third-order valence-electron chi connectivity index (χ3n) is 4.12. The van der Waals surface area contributed by atoms with Gasteiger partial charge in [0.15, 0.2) is 11.5 Å². The van der Waals surface area contributed by atoms with Gasteiger partial charge < -0.3 is 4.57 Å². The molecular formula is C17H12F8N4S. The van der Waals surface area contributed by atoms with E-state index in [4.69, 9.17) is 0 Å². The lowest BCUT2D eigenvalue weighted by Crippen LogP contribution is -2.33. The number of thioether (sulfide) groups is 1. The highest BCUT2D eigenvalue weighted by Gasteiger charge is 2.59. The molecule has 162 valence electrons. The summed E-state index contributed by atoms with van der Waals surface area (Å²) >= 11 is 1.05. The Morgan fingerprint density at radius 3 is 2.13 bits per heavy atom. The van der Waals surface area contributed by atoms with Crippen LogP contribution in [0.4, 0.5) is 35.1 Å². The zero-order valence-corrected chi connectivity index (χ0v) is 16.1. The van der Waals surface area contributed by atoms with Crippen molar-refractivity contribution in [3.05, 3.63) is 35.7 Å². The van der Waals surface area contributed by atoms with Gasteiger partial charge in [0.25, 0.3) is 0 Å². The first-order valence-corrected chi connectivity index (χ1v) is 9.23. The van der Waals surface area contributed by atoms with Crippen LogP contribution >= 0.6 is 11.8 Å². The number of rotatable bonds is 4. The molecule has 13 heteroatoms. The standard InChI is InChI=1S/C17H12F8N4S/c1-3-30-11-5-9(16(20,21)22)7-26-12(11)14-28-10-4-8(6-27-13(10)29(14)2)15(18,19)17(23,24)25/h4-7H,3H2,1-2H3. The molecule has 0 unspecified atom stereocenters. The Balaban J connectivity index is 2.17. The second-order valence-electron chi connectivity index (χ2n) is 6.13. The van der Waals surface area contributed by atoms with Crippen LogP contribution in [0.25, 0.3) is 22.7 Å². The number of aryl methyl sites for hydroxylation is 1. The molecule has 0 aliphatic heterocycles. The first-order valence-electron chi connectivity index (χ1n) is 8.25. The maximum absolute atomic E-state index is 13.6. The molecule has 0 fully saturated rings. The van der Waals surface area contributed by atoms with Crippen molar-refractivity contribution in [2.24, 2.45) is 7.05 Å². The lowest BCUT2D eigenvalue weighted by atomic mass is 10.1. The number of hydrogen-bond acceptors (Lipinski definition) is 4. The normalized spacial score (nSPS) is 13.3. The maximum Gasteiger partial charge on any atom is 0.458 e. The van der Waals surface area contributed by atoms with Gasteiger partial charge in [-0.25, -0.2) is 9.97 Å². The predicted octanol–water partition coefficient (Wildman–Crippen LogP) is 5.82. The largest absolute Gasteiger partial charge is 0.458 e. The van der Waals surface area contributed by atoms with Gasteiger partial charge in [-0.05, 0) is 17.9 Å². The number of nitrogens with zero attached hydrogens (tertiary/aromatic N) is 4. The number of aromatic nitrogens is 4. The van der Waals surface area contributed by atoms with Crippen LogP contribution < -0.4 is 0 Å². The molecule has 3 rings (SSSR count). The van der Waals surface area contributed by atoms with Crippen molar-refractivity contribution in [1.82, 2.24) is 19.5 Å². The Hall–Kier alpha value is -2.44. The molecule has 30 heavy (non-hydrogen) atoms. The van der Waals surface area contributed by atoms with E-state index in [1.54, 1.807) is 6.92 Å². The van der Waals surface area contributed by atoms with E-state index in [2.05, 4.69) is 15.0 Å². The molecule has 0 saturated heterocycles. The predicted molar refractivity (Wildman–Crippen MR) is 93.1 cm³/mol. The van der Waals surface area contributed by atoms with Crippen LogP contribution in [-0.2, 0) is 19.1 Å². The lowest BCUT2D eigenvalue weighted by Gasteiger charge is -2.19. The van der Waals surface area contributed by atoms with Crippen molar-refractivity contribution in [3.63, 3.8) is 0 Å². The summed E-state index contributed by atoms with van der Waals surface area (Å²) in [4.78, 5) is 11.6. The third-order valence-corrected chi connectivity index (χ3v) is 5.03. The summed E-state index contributed by atoms with van der Waals surface area (Å²) in [5.41, 5.74) is -2.65. The number of pyridine rings is 2. The first kappa shape index (κ1) is 22.2. The second kappa shape index (κ2) is 7.36. The fourth-order valence-electron chi connectivity index (χ4n) is 2.66. The smallest absolute Gasteiger partial charge is 0.310 e. The van der Waals surface area contributed by atoms with Crippen molar-refractivity contribution < 1.29 is 35.1 Å². The summed E-state index contributed by atoms with van der Waals surface area (Å²) in [6.45, 7) is 1.71. The molecule has 0 N–H and O–H groups in total. The number of alkyl halides is 8. The van der Waals surface area contributed by atoms with Crippen LogP contribution in [0.5, 0.6) is 0 Å². The minimum atomic E-state index is -5.82. The average Bonchev–Trinajstić information content (AvgIpc) is 2.96. The van der Waals surface area contributed by atoms with E-state index >= 15 is 0 Å². The molecular weight excluding hydrogens is 444 g/mol.